The maximum atomic E-state index is 14.8. The lowest BCUT2D eigenvalue weighted by Gasteiger charge is -2.60. The zero-order chi connectivity index (χ0) is 42.5. The van der Waals surface area contributed by atoms with Gasteiger partial charge in [0.1, 0.15) is 24.1 Å². The van der Waals surface area contributed by atoms with Gasteiger partial charge >= 0.3 is 0 Å². The van der Waals surface area contributed by atoms with Crippen LogP contribution in [0.2, 0.25) is 0 Å². The van der Waals surface area contributed by atoms with Crippen LogP contribution in [-0.4, -0.2) is 99.9 Å². The van der Waals surface area contributed by atoms with Gasteiger partial charge in [-0.2, -0.15) is 0 Å². The highest BCUT2D eigenvalue weighted by Gasteiger charge is 2.65. The highest BCUT2D eigenvalue weighted by atomic mass is 16.7. The number of unbranched alkanes of at least 4 members (excludes halogenated alkanes) is 2. The topological polar surface area (TPSA) is 194 Å². The molecule has 0 unspecified atom stereocenters. The van der Waals surface area contributed by atoms with Gasteiger partial charge < -0.3 is 44.4 Å². The van der Waals surface area contributed by atoms with Crippen LogP contribution in [0.4, 0.5) is 5.69 Å². The molecule has 2 fully saturated rings. The van der Waals surface area contributed by atoms with Crippen molar-refractivity contribution in [3.05, 3.63) is 88.0 Å². The molecule has 6 rings (SSSR count). The number of hydrogen-bond acceptors (Lipinski definition) is 12. The number of amides is 1. The third kappa shape index (κ3) is 10.6. The third-order valence-electron chi connectivity index (χ3n) is 12.9. The predicted molar refractivity (Wildman–Crippen MR) is 225 cm³/mol. The minimum Gasteiger partial charge on any atom is -0.508 e. The first-order chi connectivity index (χ1) is 29.2. The van der Waals surface area contributed by atoms with E-state index in [1.165, 1.54) is 25.0 Å². The fourth-order valence-electron chi connectivity index (χ4n) is 10.1. The van der Waals surface area contributed by atoms with Crippen molar-refractivity contribution in [1.82, 2.24) is 4.90 Å². The van der Waals surface area contributed by atoms with E-state index in [0.29, 0.717) is 42.2 Å². The Kier molecular flexibility index (Phi) is 16.5. The Hall–Kier alpha value is -4.34. The summed E-state index contributed by atoms with van der Waals surface area (Å²) in [6.45, 7) is 4.63. The number of aliphatic hydroxyl groups is 3. The van der Waals surface area contributed by atoms with Crippen molar-refractivity contribution in [3.63, 3.8) is 0 Å². The molecule has 14 nitrogen and oxygen atoms in total. The number of fused-ring (bicyclic) bond motifs is 2. The molecule has 1 heterocycles. The van der Waals surface area contributed by atoms with Gasteiger partial charge in [0.15, 0.2) is 0 Å². The van der Waals surface area contributed by atoms with Crippen molar-refractivity contribution in [2.75, 3.05) is 46.2 Å². The number of allylic oxidation sites excluding steroid dienone is 1. The largest absolute Gasteiger partial charge is 0.508 e. The lowest BCUT2D eigenvalue weighted by molar-refractivity contribution is -0.384. The van der Waals surface area contributed by atoms with E-state index in [0.717, 1.165) is 56.1 Å². The number of phenols is 1. The smallest absolute Gasteiger partial charge is 0.269 e. The Morgan fingerprint density at radius 2 is 1.75 bits per heavy atom. The first-order valence-electron chi connectivity index (χ1n) is 21.8. The molecule has 60 heavy (non-hydrogen) atoms. The van der Waals surface area contributed by atoms with Gasteiger partial charge in [-0.25, -0.2) is 0 Å². The van der Waals surface area contributed by atoms with E-state index in [1.54, 1.807) is 36.4 Å². The van der Waals surface area contributed by atoms with Gasteiger partial charge in [0.2, 0.25) is 11.7 Å². The summed E-state index contributed by atoms with van der Waals surface area (Å²) in [6.07, 6.45) is 14.1. The molecule has 4 aliphatic rings. The molecule has 1 aliphatic heterocycles. The van der Waals surface area contributed by atoms with E-state index in [4.69, 9.17) is 24.2 Å². The van der Waals surface area contributed by atoms with Crippen LogP contribution in [0.3, 0.4) is 0 Å². The second kappa shape index (κ2) is 22.0. The number of non-ortho nitro benzene ring substituents is 1. The van der Waals surface area contributed by atoms with Gasteiger partial charge in [-0.15, -0.1) is 6.58 Å². The van der Waals surface area contributed by atoms with Crippen molar-refractivity contribution in [2.24, 2.45) is 28.8 Å². The molecule has 2 aromatic rings. The van der Waals surface area contributed by atoms with E-state index >= 15 is 0 Å². The van der Waals surface area contributed by atoms with Gasteiger partial charge in [-0.05, 0) is 91.3 Å². The number of hydrogen-bond donors (Lipinski definition) is 4. The number of rotatable bonds is 24. The minimum absolute atomic E-state index is 0.000539. The number of benzene rings is 2. The van der Waals surface area contributed by atoms with Crippen molar-refractivity contribution in [1.29, 1.82) is 0 Å². The maximum Gasteiger partial charge on any atom is 0.269 e. The van der Waals surface area contributed by atoms with E-state index in [-0.39, 0.29) is 94.3 Å². The summed E-state index contributed by atoms with van der Waals surface area (Å²) in [5.74, 6) is -1.19. The van der Waals surface area contributed by atoms with Crippen molar-refractivity contribution in [2.45, 2.75) is 108 Å². The number of aliphatic hydroxyl groups excluding tert-OH is 3. The summed E-state index contributed by atoms with van der Waals surface area (Å²) in [6, 6.07) is 10.5. The van der Waals surface area contributed by atoms with Gasteiger partial charge in [0, 0.05) is 56.2 Å². The quantitative estimate of drug-likeness (QED) is 0.0371. The van der Waals surface area contributed by atoms with E-state index in [9.17, 15) is 35.3 Å². The number of nitrogens with zero attached hydrogens (tertiary/aromatic N) is 3. The van der Waals surface area contributed by atoms with E-state index in [2.05, 4.69) is 12.7 Å². The first-order valence-corrected chi connectivity index (χ1v) is 21.8. The van der Waals surface area contributed by atoms with Crippen LogP contribution < -0.4 is 4.74 Å². The summed E-state index contributed by atoms with van der Waals surface area (Å²) in [5, 5.41) is 56.4. The number of ether oxygens (including phenoxy) is 3. The van der Waals surface area contributed by atoms with Crippen LogP contribution in [0, 0.1) is 33.8 Å². The van der Waals surface area contributed by atoms with Crippen LogP contribution in [-0.2, 0) is 25.7 Å². The number of nitro groups is 1. The third-order valence-corrected chi connectivity index (χ3v) is 12.9. The van der Waals surface area contributed by atoms with Crippen LogP contribution in [0.1, 0.15) is 101 Å². The molecule has 0 radical (unpaired) electrons. The first kappa shape index (κ1) is 45.2. The number of nitro benzene ring substituents is 1. The van der Waals surface area contributed by atoms with Crippen molar-refractivity contribution < 1.29 is 49.2 Å². The average Bonchev–Trinajstić information content (AvgIpc) is 3.78. The van der Waals surface area contributed by atoms with E-state index < -0.39 is 22.7 Å². The van der Waals surface area contributed by atoms with Crippen molar-refractivity contribution >= 4 is 17.3 Å². The molecule has 1 amide bonds. The number of aromatic hydroxyl groups is 1. The molecule has 0 aromatic heterocycles. The molecule has 328 valence electrons. The molecule has 2 saturated carbocycles. The molecule has 2 aromatic carbocycles. The second-order valence-electron chi connectivity index (χ2n) is 16.6. The van der Waals surface area contributed by atoms with Crippen molar-refractivity contribution in [3.8, 4) is 11.5 Å². The number of carbonyl (C=O) groups is 1. The summed E-state index contributed by atoms with van der Waals surface area (Å²) in [7, 11) is 0. The zero-order valence-electron chi connectivity index (χ0n) is 34.7. The zero-order valence-corrected chi connectivity index (χ0v) is 34.7. The normalized spacial score (nSPS) is 25.2. The van der Waals surface area contributed by atoms with Gasteiger partial charge in [-0.3, -0.25) is 14.9 Å². The monoisotopic (exact) mass is 833 g/mol. The molecule has 14 heteroatoms. The fourth-order valence-corrected chi connectivity index (χ4v) is 10.1. The molecular formula is C46H63N3O11. The molecule has 0 saturated heterocycles. The highest BCUT2D eigenvalue weighted by Crippen LogP contribution is 2.62. The standard InChI is InChI=1S/C46H63N3O11/c1-2-25-58-46-42(48(21-26-57-27-24-52)43(54)20-15-32-9-3-4-10-32)30-40(47-59-31-33-13-16-35(17-14-33)49(55)56)38-28-34(11-5-7-22-50)37(12-6-8-23-51)44(45(38)46)39-29-36(53)18-19-41(39)60-46/h2,13-14,16-19,28-29,32,34,37,42,44-45,50-53H,1,3-12,15,20-27,30-31H2/t34-,37+,42-,44+,45+,46+/m0/s1. The Morgan fingerprint density at radius 3 is 2.45 bits per heavy atom. The number of carbonyl (C=O) groups excluding carboxylic acids is 1. The van der Waals surface area contributed by atoms with Gasteiger partial charge in [-0.1, -0.05) is 55.8 Å². The second-order valence-corrected chi connectivity index (χ2v) is 16.6. The van der Waals surface area contributed by atoms with Crippen LogP contribution in [0.5, 0.6) is 11.5 Å². The summed E-state index contributed by atoms with van der Waals surface area (Å²) in [5.41, 5.74) is 2.96. The van der Waals surface area contributed by atoms with Crippen LogP contribution in [0.25, 0.3) is 0 Å². The minimum atomic E-state index is -1.45. The Labute approximate surface area is 353 Å². The molecule has 0 bridgehead atoms. The molecular weight excluding hydrogens is 771 g/mol. The molecule has 4 N–H and O–H groups in total. The molecule has 6 atom stereocenters. The molecule has 3 aliphatic carbocycles. The highest BCUT2D eigenvalue weighted by molar-refractivity contribution is 6.03. The summed E-state index contributed by atoms with van der Waals surface area (Å²) in [4.78, 5) is 33.6. The Bertz CT molecular complexity index is 1800. The molecule has 0 spiro atoms. The Balaban J connectivity index is 1.51. The maximum absolute atomic E-state index is 14.8. The van der Waals surface area contributed by atoms with E-state index in [1.807, 2.05) is 4.90 Å². The van der Waals surface area contributed by atoms with Crippen LogP contribution in [0.15, 0.2) is 71.9 Å². The SMILES string of the molecule is C=CCO[C@@]12Oc3ccc(O)cc3[C@H]3[C@H](CCCCO)[C@@H](CCCCO)C=C(C(=NOCc4ccc([N+](=O)[O-])cc4)C[C@@H]1N(CCOCCO)C(=O)CCC1CCCC1)[C@H]32. The van der Waals surface area contributed by atoms with Crippen LogP contribution >= 0.6 is 0 Å². The van der Waals surface area contributed by atoms with Gasteiger partial charge in [0.05, 0.1) is 43.0 Å². The average molecular weight is 834 g/mol. The van der Waals surface area contributed by atoms with Gasteiger partial charge in [0.25, 0.3) is 5.69 Å². The summed E-state index contributed by atoms with van der Waals surface area (Å²) < 4.78 is 20.0. The predicted octanol–water partition coefficient (Wildman–Crippen LogP) is 6.94. The lowest BCUT2D eigenvalue weighted by atomic mass is 9.55. The lowest BCUT2D eigenvalue weighted by Crippen LogP contribution is -2.70. The Morgan fingerprint density at radius 1 is 1.00 bits per heavy atom. The number of phenolic OH excluding ortho intramolecular Hbond substituents is 1. The summed E-state index contributed by atoms with van der Waals surface area (Å²) >= 11 is 0. The number of oxime groups is 1. The fraction of sp³-hybridized carbons (Fsp3) is 0.609.